The number of carbonyl (C=O) groups excluding carboxylic acids is 1. The molecule has 0 fully saturated rings. The summed E-state index contributed by atoms with van der Waals surface area (Å²) in [7, 11) is 1.68. The summed E-state index contributed by atoms with van der Waals surface area (Å²) in [4.78, 5) is 27.1. The van der Waals surface area contributed by atoms with Crippen LogP contribution in [0.2, 0.25) is 0 Å². The number of hydrogen-bond donors (Lipinski definition) is 0. The van der Waals surface area contributed by atoms with E-state index in [1.165, 1.54) is 41.4 Å². The molecule has 32 heavy (non-hydrogen) atoms. The van der Waals surface area contributed by atoms with E-state index < -0.39 is 0 Å². The summed E-state index contributed by atoms with van der Waals surface area (Å²) >= 11 is 3.00. The van der Waals surface area contributed by atoms with Crippen molar-refractivity contribution in [2.45, 2.75) is 37.6 Å². The quantitative estimate of drug-likeness (QED) is 0.213. The van der Waals surface area contributed by atoms with Gasteiger partial charge in [0, 0.05) is 11.1 Å². The summed E-state index contributed by atoms with van der Waals surface area (Å²) in [5.74, 6) is 0.824. The van der Waals surface area contributed by atoms with E-state index in [1.54, 1.807) is 24.8 Å². The molecule has 3 heterocycles. The van der Waals surface area contributed by atoms with Crippen molar-refractivity contribution in [2.75, 3.05) is 19.5 Å². The standard InChI is InChI=1S/C24H23N3O3S2/c1-3-30-18(28)12-31-24-22-21(25-13-26-24)20-19(14-8-10-15(29-2)11-9-14)16-6-4-5-7-17(16)27-23(20)32-22/h8-11,13H,3-7,12H2,1-2H3. The number of thiophene rings is 1. The highest BCUT2D eigenvalue weighted by molar-refractivity contribution is 8.00. The van der Waals surface area contributed by atoms with Gasteiger partial charge in [0.25, 0.3) is 0 Å². The number of rotatable bonds is 6. The van der Waals surface area contributed by atoms with Crippen LogP contribution >= 0.6 is 23.1 Å². The van der Waals surface area contributed by atoms with E-state index >= 15 is 0 Å². The zero-order valence-corrected chi connectivity index (χ0v) is 19.6. The maximum Gasteiger partial charge on any atom is 0.316 e. The van der Waals surface area contributed by atoms with Gasteiger partial charge in [0.1, 0.15) is 21.9 Å². The Kier molecular flexibility index (Phi) is 5.97. The number of benzene rings is 1. The van der Waals surface area contributed by atoms with Crippen molar-refractivity contribution in [1.82, 2.24) is 15.0 Å². The first kappa shape index (κ1) is 21.2. The van der Waals surface area contributed by atoms with Crippen LogP contribution in [0.4, 0.5) is 0 Å². The van der Waals surface area contributed by atoms with Crippen molar-refractivity contribution < 1.29 is 14.3 Å². The van der Waals surface area contributed by atoms with E-state index in [0.29, 0.717) is 6.61 Å². The molecule has 0 bridgehead atoms. The summed E-state index contributed by atoms with van der Waals surface area (Å²) in [6, 6.07) is 8.23. The Balaban J connectivity index is 1.71. The van der Waals surface area contributed by atoms with Crippen LogP contribution in [0.1, 0.15) is 31.0 Å². The summed E-state index contributed by atoms with van der Waals surface area (Å²) in [6.45, 7) is 2.19. The molecule has 4 aromatic rings. The van der Waals surface area contributed by atoms with Crippen LogP contribution in [-0.2, 0) is 22.4 Å². The fraction of sp³-hybridized carbons (Fsp3) is 0.333. The number of pyridine rings is 1. The molecule has 1 aromatic carbocycles. The van der Waals surface area contributed by atoms with Crippen molar-refractivity contribution in [3.63, 3.8) is 0 Å². The average molecular weight is 466 g/mol. The molecular weight excluding hydrogens is 442 g/mol. The number of thioether (sulfide) groups is 1. The molecule has 0 N–H and O–H groups in total. The van der Waals surface area contributed by atoms with Crippen LogP contribution in [0.5, 0.6) is 5.75 Å². The molecule has 5 rings (SSSR count). The van der Waals surface area contributed by atoms with Gasteiger partial charge in [-0.25, -0.2) is 15.0 Å². The Morgan fingerprint density at radius 1 is 1.16 bits per heavy atom. The minimum absolute atomic E-state index is 0.226. The second kappa shape index (κ2) is 9.03. The molecule has 1 aliphatic carbocycles. The number of hydrogen-bond acceptors (Lipinski definition) is 8. The predicted octanol–water partition coefficient (Wildman–Crippen LogP) is 5.45. The second-order valence-electron chi connectivity index (χ2n) is 7.58. The first-order valence-corrected chi connectivity index (χ1v) is 12.5. The predicted molar refractivity (Wildman–Crippen MR) is 129 cm³/mol. The summed E-state index contributed by atoms with van der Waals surface area (Å²) in [5, 5.41) is 1.88. The van der Waals surface area contributed by atoms with Crippen molar-refractivity contribution in [3.05, 3.63) is 41.9 Å². The van der Waals surface area contributed by atoms with Gasteiger partial charge in [-0.05, 0) is 61.4 Å². The van der Waals surface area contributed by atoms with Crippen LogP contribution < -0.4 is 4.74 Å². The third-order valence-electron chi connectivity index (χ3n) is 5.66. The van der Waals surface area contributed by atoms with Gasteiger partial charge in [0.05, 0.1) is 29.7 Å². The maximum atomic E-state index is 11.9. The zero-order chi connectivity index (χ0) is 22.1. The topological polar surface area (TPSA) is 74.2 Å². The highest BCUT2D eigenvalue weighted by atomic mass is 32.2. The number of aryl methyl sites for hydroxylation is 1. The number of methoxy groups -OCH3 is 1. The largest absolute Gasteiger partial charge is 0.497 e. The molecule has 0 radical (unpaired) electrons. The lowest BCUT2D eigenvalue weighted by molar-refractivity contribution is -0.139. The molecule has 6 nitrogen and oxygen atoms in total. The van der Waals surface area contributed by atoms with Crippen LogP contribution in [0.15, 0.2) is 35.6 Å². The molecule has 0 spiro atoms. The lowest BCUT2D eigenvalue weighted by Crippen LogP contribution is -2.07. The zero-order valence-electron chi connectivity index (χ0n) is 18.0. The molecular formula is C24H23N3O3S2. The molecule has 8 heteroatoms. The first-order valence-electron chi connectivity index (χ1n) is 10.7. The van der Waals surface area contributed by atoms with E-state index in [0.717, 1.165) is 49.6 Å². The SMILES string of the molecule is CCOC(=O)CSc1ncnc2c1sc1nc3c(c(-c4ccc(OC)cc4)c12)CCCC3. The van der Waals surface area contributed by atoms with Gasteiger partial charge >= 0.3 is 5.97 Å². The molecule has 0 aliphatic heterocycles. The van der Waals surface area contributed by atoms with Gasteiger partial charge in [-0.15, -0.1) is 11.3 Å². The number of esters is 1. The number of carbonyl (C=O) groups is 1. The molecule has 0 atom stereocenters. The van der Waals surface area contributed by atoms with Gasteiger partial charge in [0.15, 0.2) is 0 Å². The molecule has 1 aliphatic rings. The Morgan fingerprint density at radius 2 is 1.97 bits per heavy atom. The molecule has 164 valence electrons. The van der Waals surface area contributed by atoms with Gasteiger partial charge in [-0.1, -0.05) is 23.9 Å². The lowest BCUT2D eigenvalue weighted by Gasteiger charge is -2.20. The Hall–Kier alpha value is -2.71. The van der Waals surface area contributed by atoms with Crippen LogP contribution in [-0.4, -0.2) is 40.4 Å². The van der Waals surface area contributed by atoms with Crippen molar-refractivity contribution in [2.24, 2.45) is 0 Å². The summed E-state index contributed by atoms with van der Waals surface area (Å²) in [6.07, 6.45) is 5.94. The second-order valence-corrected chi connectivity index (χ2v) is 9.54. The maximum absolute atomic E-state index is 11.9. The number of fused-ring (bicyclic) bond motifs is 4. The fourth-order valence-corrected chi connectivity index (χ4v) is 6.28. The lowest BCUT2D eigenvalue weighted by atomic mass is 9.87. The Bertz CT molecular complexity index is 1300. The number of aromatic nitrogens is 3. The normalized spacial score (nSPS) is 13.3. The van der Waals surface area contributed by atoms with E-state index in [9.17, 15) is 4.79 Å². The van der Waals surface area contributed by atoms with E-state index in [2.05, 4.69) is 22.1 Å². The van der Waals surface area contributed by atoms with Gasteiger partial charge in [-0.2, -0.15) is 0 Å². The van der Waals surface area contributed by atoms with Gasteiger partial charge in [0.2, 0.25) is 0 Å². The van der Waals surface area contributed by atoms with Crippen LogP contribution in [0, 0.1) is 0 Å². The minimum atomic E-state index is -0.238. The Morgan fingerprint density at radius 3 is 2.75 bits per heavy atom. The Labute approximate surface area is 194 Å². The van der Waals surface area contributed by atoms with Crippen LogP contribution in [0.3, 0.4) is 0 Å². The highest BCUT2D eigenvalue weighted by Gasteiger charge is 2.24. The highest BCUT2D eigenvalue weighted by Crippen LogP contribution is 2.44. The smallest absolute Gasteiger partial charge is 0.316 e. The summed E-state index contributed by atoms with van der Waals surface area (Å²) < 4.78 is 11.4. The first-order chi connectivity index (χ1) is 15.7. The van der Waals surface area contributed by atoms with Crippen molar-refractivity contribution in [3.8, 4) is 16.9 Å². The molecule has 0 amide bonds. The van der Waals surface area contributed by atoms with Gasteiger partial charge < -0.3 is 9.47 Å². The van der Waals surface area contributed by atoms with E-state index in [4.69, 9.17) is 14.5 Å². The number of ether oxygens (including phenoxy) is 2. The van der Waals surface area contributed by atoms with Crippen LogP contribution in [0.25, 0.3) is 31.6 Å². The molecule has 0 unspecified atom stereocenters. The summed E-state index contributed by atoms with van der Waals surface area (Å²) in [5.41, 5.74) is 5.79. The molecule has 3 aromatic heterocycles. The van der Waals surface area contributed by atoms with E-state index in [1.807, 2.05) is 19.1 Å². The molecule has 0 saturated carbocycles. The van der Waals surface area contributed by atoms with E-state index in [-0.39, 0.29) is 11.7 Å². The monoisotopic (exact) mass is 465 g/mol. The fourth-order valence-electron chi connectivity index (χ4n) is 4.25. The van der Waals surface area contributed by atoms with Gasteiger partial charge in [-0.3, -0.25) is 4.79 Å². The number of nitrogens with zero attached hydrogens (tertiary/aromatic N) is 3. The average Bonchev–Trinajstić information content (AvgIpc) is 3.20. The van der Waals surface area contributed by atoms with Crippen molar-refractivity contribution >= 4 is 49.5 Å². The van der Waals surface area contributed by atoms with Crippen molar-refractivity contribution in [1.29, 1.82) is 0 Å². The minimum Gasteiger partial charge on any atom is -0.497 e. The third kappa shape index (κ3) is 3.82. The third-order valence-corrected chi connectivity index (χ3v) is 7.83. The molecule has 0 saturated heterocycles.